The van der Waals surface area contributed by atoms with E-state index in [-0.39, 0.29) is 5.75 Å². The van der Waals surface area contributed by atoms with Gasteiger partial charge in [0.05, 0.1) is 6.10 Å². The third kappa shape index (κ3) is 4.86. The summed E-state index contributed by atoms with van der Waals surface area (Å²) in [5, 5.41) is 19.8. The van der Waals surface area contributed by atoms with Gasteiger partial charge >= 0.3 is 6.36 Å². The molecule has 2 aromatic rings. The Labute approximate surface area is 171 Å². The predicted octanol–water partition coefficient (Wildman–Crippen LogP) is 3.18. The minimum absolute atomic E-state index is 0.312. The van der Waals surface area contributed by atoms with E-state index in [9.17, 15) is 23.5 Å². The lowest BCUT2D eigenvalue weighted by atomic mass is 10.1. The second-order valence-corrected chi connectivity index (χ2v) is 7.51. The van der Waals surface area contributed by atoms with Crippen LogP contribution in [0.25, 0.3) is 0 Å². The lowest BCUT2D eigenvalue weighted by Crippen LogP contribution is -2.47. The maximum atomic E-state index is 12.2. The zero-order chi connectivity index (χ0) is 21.3. The smallest absolute Gasteiger partial charge is 0.423 e. The summed E-state index contributed by atoms with van der Waals surface area (Å²) in [5.74, 6) is 1.16. The monoisotopic (exact) mass is 422 g/mol. The molecule has 1 aromatic carbocycles. The average Bonchev–Trinajstić information content (AvgIpc) is 3.47. The highest BCUT2D eigenvalue weighted by molar-refractivity contribution is 5.48. The van der Waals surface area contributed by atoms with Gasteiger partial charge in [0.25, 0.3) is 0 Å². The van der Waals surface area contributed by atoms with Gasteiger partial charge in [0.1, 0.15) is 11.8 Å². The first-order valence-electron chi connectivity index (χ1n) is 9.74. The first kappa shape index (κ1) is 20.5. The number of rotatable bonds is 6. The van der Waals surface area contributed by atoms with Crippen LogP contribution in [0.3, 0.4) is 0 Å². The summed E-state index contributed by atoms with van der Waals surface area (Å²) in [7, 11) is 0. The van der Waals surface area contributed by atoms with Gasteiger partial charge in [-0.25, -0.2) is 4.98 Å². The molecule has 160 valence electrons. The molecule has 7 nitrogen and oxygen atoms in total. The van der Waals surface area contributed by atoms with Crippen molar-refractivity contribution in [3.8, 4) is 11.8 Å². The van der Waals surface area contributed by atoms with Crippen LogP contribution in [0.4, 0.5) is 19.1 Å². The van der Waals surface area contributed by atoms with Crippen molar-refractivity contribution in [2.75, 3.05) is 37.6 Å². The molecule has 2 aliphatic rings. The first-order valence-corrected chi connectivity index (χ1v) is 9.74. The van der Waals surface area contributed by atoms with E-state index in [1.165, 1.54) is 24.3 Å². The Balaban J connectivity index is 1.31. The molecule has 30 heavy (non-hydrogen) atoms. The molecule has 0 spiro atoms. The number of piperazine rings is 1. The van der Waals surface area contributed by atoms with Gasteiger partial charge in [-0.1, -0.05) is 12.1 Å². The van der Waals surface area contributed by atoms with Crippen LogP contribution in [0.2, 0.25) is 0 Å². The second-order valence-electron chi connectivity index (χ2n) is 7.51. The molecular weight excluding hydrogens is 401 g/mol. The number of aliphatic hydroxyl groups excluding tert-OH is 1. The number of benzene rings is 1. The highest BCUT2D eigenvalue weighted by atomic mass is 19.4. The van der Waals surface area contributed by atoms with Crippen molar-refractivity contribution in [2.24, 2.45) is 0 Å². The van der Waals surface area contributed by atoms with E-state index in [1.807, 2.05) is 4.90 Å². The number of anilines is 1. The van der Waals surface area contributed by atoms with Gasteiger partial charge in [-0.2, -0.15) is 5.26 Å². The molecule has 0 bridgehead atoms. The molecule has 2 heterocycles. The standard InChI is InChI=1S/C20H21F3N4O3/c21-20(22,23)30-15-5-3-13(4-6-15)17(28)12-26-7-9-27(10-8-26)19-16(11-24)25-18(29-19)14-1-2-14/h3-6,14,17,28H,1-2,7-10,12H2/t17-/m0/s1. The number of alkyl halides is 3. The number of nitrogens with zero attached hydrogens (tertiary/aromatic N) is 4. The fraction of sp³-hybridized carbons (Fsp3) is 0.500. The van der Waals surface area contributed by atoms with Crippen LogP contribution in [-0.2, 0) is 0 Å². The predicted molar refractivity (Wildman–Crippen MR) is 99.9 cm³/mol. The van der Waals surface area contributed by atoms with Crippen molar-refractivity contribution >= 4 is 5.88 Å². The highest BCUT2D eigenvalue weighted by Gasteiger charge is 2.33. The quantitative estimate of drug-likeness (QED) is 0.765. The molecule has 10 heteroatoms. The molecule has 1 aliphatic heterocycles. The van der Waals surface area contributed by atoms with Crippen LogP contribution in [0.5, 0.6) is 5.75 Å². The lowest BCUT2D eigenvalue weighted by Gasteiger charge is -2.35. The molecule has 4 rings (SSSR count). The molecule has 0 radical (unpaired) electrons. The Hall–Kier alpha value is -2.77. The van der Waals surface area contributed by atoms with E-state index in [2.05, 4.69) is 20.7 Å². The van der Waals surface area contributed by atoms with Crippen LogP contribution in [0, 0.1) is 11.3 Å². The Morgan fingerprint density at radius 1 is 1.20 bits per heavy atom. The number of halogens is 3. The third-order valence-electron chi connectivity index (χ3n) is 5.25. The summed E-state index contributed by atoms with van der Waals surface area (Å²) in [6.07, 6.45) is -3.49. The maximum Gasteiger partial charge on any atom is 0.573 e. The van der Waals surface area contributed by atoms with E-state index in [0.717, 1.165) is 12.8 Å². The van der Waals surface area contributed by atoms with Crippen LogP contribution in [-0.4, -0.2) is 54.1 Å². The third-order valence-corrected chi connectivity index (χ3v) is 5.25. The molecule has 1 N–H and O–H groups in total. The van der Waals surface area contributed by atoms with Crippen LogP contribution in [0.1, 0.15) is 42.0 Å². The average molecular weight is 422 g/mol. The van der Waals surface area contributed by atoms with Crippen LogP contribution >= 0.6 is 0 Å². The summed E-state index contributed by atoms with van der Waals surface area (Å²) >= 11 is 0. The van der Waals surface area contributed by atoms with Gasteiger partial charge in [-0.05, 0) is 30.5 Å². The number of nitriles is 1. The molecule has 0 amide bonds. The highest BCUT2D eigenvalue weighted by Crippen LogP contribution is 2.41. The number of aliphatic hydroxyl groups is 1. The summed E-state index contributed by atoms with van der Waals surface area (Å²) < 4.78 is 46.4. The van der Waals surface area contributed by atoms with Crippen molar-refractivity contribution in [3.63, 3.8) is 0 Å². The van der Waals surface area contributed by atoms with E-state index >= 15 is 0 Å². The van der Waals surface area contributed by atoms with Crippen molar-refractivity contribution in [1.29, 1.82) is 5.26 Å². The Morgan fingerprint density at radius 2 is 1.87 bits per heavy atom. The molecule has 1 saturated carbocycles. The fourth-order valence-corrected chi connectivity index (χ4v) is 3.50. The number of β-amino-alcohol motifs (C(OH)–C–C–N with tert-alkyl or cyclic N) is 1. The topological polar surface area (TPSA) is 85.8 Å². The van der Waals surface area contributed by atoms with Gasteiger partial charge in [0.2, 0.25) is 17.5 Å². The Kier molecular flexibility index (Phi) is 5.58. The summed E-state index contributed by atoms with van der Waals surface area (Å²) in [6, 6.07) is 7.33. The van der Waals surface area contributed by atoms with Gasteiger partial charge in [0.15, 0.2) is 0 Å². The molecular formula is C20H21F3N4O3. The van der Waals surface area contributed by atoms with Gasteiger partial charge in [-0.3, -0.25) is 4.90 Å². The largest absolute Gasteiger partial charge is 0.573 e. The minimum Gasteiger partial charge on any atom is -0.423 e. The summed E-state index contributed by atoms with van der Waals surface area (Å²) in [4.78, 5) is 8.35. The van der Waals surface area contributed by atoms with E-state index in [4.69, 9.17) is 4.42 Å². The van der Waals surface area contributed by atoms with Gasteiger partial charge in [-0.15, -0.1) is 13.2 Å². The molecule has 1 atom stereocenters. The summed E-state index contributed by atoms with van der Waals surface area (Å²) in [5.41, 5.74) is 0.828. The van der Waals surface area contributed by atoms with Gasteiger partial charge < -0.3 is 19.2 Å². The number of hydrogen-bond acceptors (Lipinski definition) is 7. The second kappa shape index (κ2) is 8.16. The molecule has 2 fully saturated rings. The Bertz CT molecular complexity index is 911. The SMILES string of the molecule is N#Cc1nc(C2CC2)oc1N1CCN(C[C@H](O)c2ccc(OC(F)(F)F)cc2)CC1. The molecule has 0 unspecified atom stereocenters. The van der Waals surface area contributed by atoms with Crippen LogP contribution < -0.4 is 9.64 Å². The van der Waals surface area contributed by atoms with Crippen LogP contribution in [0.15, 0.2) is 28.7 Å². The lowest BCUT2D eigenvalue weighted by molar-refractivity contribution is -0.274. The minimum atomic E-state index is -4.74. The number of oxazole rings is 1. The van der Waals surface area contributed by atoms with Crippen molar-refractivity contribution in [2.45, 2.75) is 31.2 Å². The number of ether oxygens (including phenoxy) is 1. The van der Waals surface area contributed by atoms with E-state index in [0.29, 0.717) is 61.7 Å². The van der Waals surface area contributed by atoms with Gasteiger partial charge in [0, 0.05) is 38.6 Å². The molecule has 1 aliphatic carbocycles. The fourth-order valence-electron chi connectivity index (χ4n) is 3.50. The maximum absolute atomic E-state index is 12.2. The molecule has 1 saturated heterocycles. The summed E-state index contributed by atoms with van der Waals surface area (Å²) in [6.45, 7) is 2.90. The number of hydrogen-bond donors (Lipinski definition) is 1. The van der Waals surface area contributed by atoms with Crippen molar-refractivity contribution < 1.29 is 27.4 Å². The molecule has 1 aromatic heterocycles. The van der Waals surface area contributed by atoms with Crippen molar-refractivity contribution in [1.82, 2.24) is 9.88 Å². The number of aromatic nitrogens is 1. The normalized spacial score (nSPS) is 18.8. The zero-order valence-corrected chi connectivity index (χ0v) is 16.1. The van der Waals surface area contributed by atoms with E-state index < -0.39 is 12.5 Å². The zero-order valence-electron chi connectivity index (χ0n) is 16.1. The van der Waals surface area contributed by atoms with Crippen molar-refractivity contribution in [3.05, 3.63) is 41.4 Å². The van der Waals surface area contributed by atoms with E-state index in [1.54, 1.807) is 0 Å². The Morgan fingerprint density at radius 3 is 2.43 bits per heavy atom. The first-order chi connectivity index (χ1) is 14.3.